The number of fused-ring (bicyclic) bond motifs is 1. The van der Waals surface area contributed by atoms with Gasteiger partial charge < -0.3 is 64.6 Å². The smallest absolute Gasteiger partial charge is 0.408 e. The van der Waals surface area contributed by atoms with Crippen LogP contribution in [-0.2, 0) is 27.4 Å². The molecule has 2 aromatic heterocycles. The number of carbonyl (C=O) groups excluding carboxylic acids is 2. The first-order chi connectivity index (χ1) is 29.8. The molecule has 350 valence electrons. The minimum atomic E-state index is -1.13. The molecule has 0 spiro atoms. The zero-order chi connectivity index (χ0) is 46.5. The monoisotopic (exact) mass is 884 g/mol. The van der Waals surface area contributed by atoms with Crippen LogP contribution in [-0.4, -0.2) is 116 Å². The van der Waals surface area contributed by atoms with Crippen LogP contribution in [0, 0.1) is 5.92 Å². The zero-order valence-corrected chi connectivity index (χ0v) is 37.1. The van der Waals surface area contributed by atoms with Crippen LogP contribution in [0.2, 0.25) is 0 Å². The van der Waals surface area contributed by atoms with Gasteiger partial charge in [0.25, 0.3) is 0 Å². The summed E-state index contributed by atoms with van der Waals surface area (Å²) in [5, 5.41) is 14.2. The lowest BCUT2D eigenvalue weighted by Crippen LogP contribution is -2.43. The third-order valence-electron chi connectivity index (χ3n) is 9.93. The van der Waals surface area contributed by atoms with E-state index in [0.717, 1.165) is 57.3 Å². The summed E-state index contributed by atoms with van der Waals surface area (Å²) in [6.45, 7) is 12.3. The Morgan fingerprint density at radius 3 is 2.13 bits per heavy atom. The highest BCUT2D eigenvalue weighted by atomic mass is 16.6. The molecule has 1 aliphatic rings. The molecule has 0 saturated carbocycles. The van der Waals surface area contributed by atoms with Crippen LogP contribution in [0.1, 0.15) is 96.6 Å². The van der Waals surface area contributed by atoms with Gasteiger partial charge in [0.05, 0.1) is 19.2 Å². The summed E-state index contributed by atoms with van der Waals surface area (Å²) < 4.78 is 12.2. The molecule has 4 rings (SSSR count). The van der Waals surface area contributed by atoms with Crippen molar-refractivity contribution in [2.45, 2.75) is 116 Å². The first kappa shape index (κ1) is 51.2. The molecule has 0 aliphatic carbocycles. The quantitative estimate of drug-likeness (QED) is 0.0383. The number of alkyl carbamates (subject to hydrolysis) is 1. The molecular weight excluding hydrogens is 815 g/mol. The molecule has 3 heterocycles. The number of nitrogen functional groups attached to an aromatic ring is 1. The Morgan fingerprint density at radius 1 is 0.952 bits per heavy atom. The Balaban J connectivity index is 0.000000468. The van der Waals surface area contributed by atoms with Gasteiger partial charge >= 0.3 is 23.8 Å². The van der Waals surface area contributed by atoms with Gasteiger partial charge in [-0.15, -0.1) is 0 Å². The number of H-pyrrole nitrogens is 1. The number of hydrogen-bond donors (Lipinski definition) is 10. The van der Waals surface area contributed by atoms with E-state index < -0.39 is 29.7 Å². The summed E-state index contributed by atoms with van der Waals surface area (Å²) in [6.07, 6.45) is 6.11. The fourth-order valence-corrected chi connectivity index (χ4v) is 6.57. The largest absolute Gasteiger partial charge is 0.480 e. The van der Waals surface area contributed by atoms with E-state index in [0.29, 0.717) is 69.1 Å². The van der Waals surface area contributed by atoms with E-state index in [1.54, 1.807) is 25.3 Å². The molecule has 0 radical (unpaired) electrons. The van der Waals surface area contributed by atoms with Gasteiger partial charge in [-0.25, -0.2) is 14.4 Å². The number of nitrogens with one attached hydrogen (secondary N) is 3. The standard InChI is InChI=1S/C30H47N11O3.C11H22N4O4/c1-2-3-17-44-29-38-25(32)24-26(39-29)41(30(43)37-24)19-22-8-6-21(7-9-22)18-40-15-11-20(12-16-40)10-14-35-27(42)23(31)5-4-13-36-28(33)34;1-11(2,3)19-10(18)15-7(8(16)17)5-4-6-14-9(12)13/h6-9,20,23H,2-5,10-19,31H2,1H3,(H,35,42)(H,37,43)(H2,32,38,39)(H4,33,34,36);7H,4-6H2,1-3H3,(H,15,18)(H,16,17)(H4,12,13,14)/t23-;7-/m10/s1. The van der Waals surface area contributed by atoms with Gasteiger partial charge in [0.1, 0.15) is 17.2 Å². The number of carbonyl (C=O) groups is 3. The molecule has 1 aromatic carbocycles. The van der Waals surface area contributed by atoms with E-state index in [1.807, 2.05) is 12.1 Å². The SMILES string of the molecule is CC(C)(C)OC(=O)N[C@@H](CCCN=C(N)N)C(=O)O.CCCCOc1nc(N)c2[nH]c(=O)n(Cc3ccc(CN4CCC(CCNC(=O)[C@H](N)CCCN=C(N)N)CC4)cc3)c2n1. The Hall–Kier alpha value is -6.16. The minimum absolute atomic E-state index is 0.0491. The molecule has 1 aliphatic heterocycles. The van der Waals surface area contributed by atoms with Gasteiger partial charge in [0.2, 0.25) is 5.91 Å². The van der Waals surface area contributed by atoms with Gasteiger partial charge in [-0.3, -0.25) is 24.2 Å². The predicted octanol–water partition coefficient (Wildman–Crippen LogP) is 1.05. The average Bonchev–Trinajstić information content (AvgIpc) is 3.52. The zero-order valence-electron chi connectivity index (χ0n) is 37.1. The molecule has 63 heavy (non-hydrogen) atoms. The number of aliphatic imine (C=N–C) groups is 2. The Kier molecular flexibility index (Phi) is 20.9. The first-order valence-electron chi connectivity index (χ1n) is 21.4. The fraction of sp³-hybridized carbons (Fsp3) is 0.610. The van der Waals surface area contributed by atoms with Crippen molar-refractivity contribution in [1.82, 2.24) is 35.1 Å². The van der Waals surface area contributed by atoms with Crippen molar-refractivity contribution in [2.75, 3.05) is 45.1 Å². The van der Waals surface area contributed by atoms with Crippen molar-refractivity contribution in [2.24, 2.45) is 44.6 Å². The van der Waals surface area contributed by atoms with Crippen LogP contribution in [0.15, 0.2) is 39.0 Å². The number of carboxylic acids is 1. The number of imidazole rings is 1. The number of hydrogen-bond acceptors (Lipinski definition) is 13. The molecule has 2 amide bonds. The second-order valence-corrected chi connectivity index (χ2v) is 16.5. The average molecular weight is 884 g/mol. The van der Waals surface area contributed by atoms with Crippen LogP contribution >= 0.6 is 0 Å². The maximum Gasteiger partial charge on any atom is 0.408 e. The summed E-state index contributed by atoms with van der Waals surface area (Å²) in [4.78, 5) is 68.9. The maximum absolute atomic E-state index is 12.7. The second-order valence-electron chi connectivity index (χ2n) is 16.5. The molecule has 0 unspecified atom stereocenters. The lowest BCUT2D eigenvalue weighted by Gasteiger charge is -2.32. The normalized spacial score (nSPS) is 14.1. The second kappa shape index (κ2) is 25.7. The number of anilines is 1. The van der Waals surface area contributed by atoms with Crippen molar-refractivity contribution in [3.8, 4) is 6.01 Å². The summed E-state index contributed by atoms with van der Waals surface area (Å²) >= 11 is 0. The number of benzene rings is 1. The number of aromatic amines is 1. The number of likely N-dealkylation sites (tertiary alicyclic amines) is 1. The highest BCUT2D eigenvalue weighted by molar-refractivity contribution is 5.82. The van der Waals surface area contributed by atoms with Gasteiger partial charge in [0.15, 0.2) is 23.4 Å². The van der Waals surface area contributed by atoms with E-state index in [2.05, 4.69) is 59.5 Å². The van der Waals surface area contributed by atoms with Gasteiger partial charge in [0, 0.05) is 26.2 Å². The van der Waals surface area contributed by atoms with Crippen LogP contribution in [0.25, 0.3) is 11.2 Å². The predicted molar refractivity (Wildman–Crippen MR) is 243 cm³/mol. The van der Waals surface area contributed by atoms with Crippen molar-refractivity contribution < 1.29 is 29.0 Å². The summed E-state index contributed by atoms with van der Waals surface area (Å²) in [7, 11) is 0. The molecule has 0 bridgehead atoms. The highest BCUT2D eigenvalue weighted by Crippen LogP contribution is 2.23. The first-order valence-corrected chi connectivity index (χ1v) is 21.4. The van der Waals surface area contributed by atoms with E-state index in [4.69, 9.17) is 49.0 Å². The van der Waals surface area contributed by atoms with Crippen LogP contribution in [0.3, 0.4) is 0 Å². The van der Waals surface area contributed by atoms with Gasteiger partial charge in [-0.1, -0.05) is 37.6 Å². The van der Waals surface area contributed by atoms with Crippen LogP contribution < -0.4 is 55.5 Å². The van der Waals surface area contributed by atoms with Crippen LogP contribution in [0.5, 0.6) is 6.01 Å². The van der Waals surface area contributed by atoms with E-state index >= 15 is 0 Å². The van der Waals surface area contributed by atoms with Crippen molar-refractivity contribution in [3.05, 3.63) is 45.9 Å². The third-order valence-corrected chi connectivity index (χ3v) is 9.93. The molecule has 16 N–H and O–H groups in total. The maximum atomic E-state index is 12.7. The van der Waals surface area contributed by atoms with Gasteiger partial charge in [-0.05, 0) is 102 Å². The highest BCUT2D eigenvalue weighted by Gasteiger charge is 2.24. The molecule has 22 heteroatoms. The van der Waals surface area contributed by atoms with Crippen molar-refractivity contribution in [1.29, 1.82) is 0 Å². The van der Waals surface area contributed by atoms with E-state index in [9.17, 15) is 19.2 Å². The number of carboxylic acid groups (broad SMARTS) is 1. The number of ether oxygens (including phenoxy) is 2. The molecular formula is C41H69N15O7. The van der Waals surface area contributed by atoms with E-state index in [-0.39, 0.29) is 41.8 Å². The summed E-state index contributed by atoms with van der Waals surface area (Å²) in [6, 6.07) is 6.92. The van der Waals surface area contributed by atoms with Gasteiger partial charge in [-0.2, -0.15) is 9.97 Å². The number of nitrogens with two attached hydrogens (primary N) is 6. The number of piperidine rings is 1. The van der Waals surface area contributed by atoms with Crippen molar-refractivity contribution in [3.63, 3.8) is 0 Å². The number of aliphatic carboxylic acids is 1. The molecule has 3 aromatic rings. The van der Waals surface area contributed by atoms with Crippen molar-refractivity contribution >= 4 is 46.9 Å². The van der Waals surface area contributed by atoms with Crippen LogP contribution in [0.4, 0.5) is 10.6 Å². The molecule has 2 atom stereocenters. The molecule has 22 nitrogen and oxygen atoms in total. The third kappa shape index (κ3) is 19.2. The number of amides is 2. The Labute approximate surface area is 368 Å². The lowest BCUT2D eigenvalue weighted by atomic mass is 9.93. The minimum Gasteiger partial charge on any atom is -0.480 e. The summed E-state index contributed by atoms with van der Waals surface area (Å²) in [5.74, 6) is -0.477. The van der Waals surface area contributed by atoms with E-state index in [1.165, 1.54) is 5.56 Å². The Bertz CT molecular complexity index is 2010. The topological polar surface area (TPSA) is 362 Å². The number of rotatable bonds is 22. The Morgan fingerprint density at radius 2 is 1.56 bits per heavy atom. The number of aromatic nitrogens is 4. The lowest BCUT2D eigenvalue weighted by molar-refractivity contribution is -0.139. The molecule has 1 saturated heterocycles. The summed E-state index contributed by atoms with van der Waals surface area (Å²) in [5.41, 5.74) is 35.1. The number of unbranched alkanes of at least 4 members (excludes halogenated alkanes) is 1. The number of nitrogens with zero attached hydrogens (tertiary/aromatic N) is 6. The molecule has 1 fully saturated rings. The number of guanidine groups is 2. The fourth-order valence-electron chi connectivity index (χ4n) is 6.57.